The van der Waals surface area contributed by atoms with Crippen molar-refractivity contribution in [2.75, 3.05) is 26.4 Å². The van der Waals surface area contributed by atoms with Crippen molar-refractivity contribution in [2.24, 2.45) is 0 Å². The zero-order valence-corrected chi connectivity index (χ0v) is 12.3. The van der Waals surface area contributed by atoms with Gasteiger partial charge in [0.15, 0.2) is 0 Å². The van der Waals surface area contributed by atoms with Gasteiger partial charge in [-0.15, -0.1) is 0 Å². The number of hydrogen-bond acceptors (Lipinski definition) is 5. The van der Waals surface area contributed by atoms with Gasteiger partial charge < -0.3 is 14.8 Å². The molecule has 1 saturated heterocycles. The summed E-state index contributed by atoms with van der Waals surface area (Å²) in [4.78, 5) is 22.2. The van der Waals surface area contributed by atoms with Crippen LogP contribution in [-0.4, -0.2) is 43.3 Å². The Hall–Kier alpha value is -1.41. The summed E-state index contributed by atoms with van der Waals surface area (Å²) in [6.07, 6.45) is -0.254. The van der Waals surface area contributed by atoms with E-state index in [4.69, 9.17) is 32.7 Å². The molecule has 0 radical (unpaired) electrons. The van der Waals surface area contributed by atoms with Crippen molar-refractivity contribution in [3.8, 4) is 0 Å². The Balaban J connectivity index is 2.09. The molecule has 1 aliphatic heterocycles. The molecule has 1 aromatic rings. The lowest BCUT2D eigenvalue weighted by atomic mass is 10.2. The molecule has 1 N–H and O–H groups in total. The highest BCUT2D eigenvalue weighted by atomic mass is 35.5. The Morgan fingerprint density at radius 1 is 1.43 bits per heavy atom. The largest absolute Gasteiger partial charge is 0.376 e. The molecular weight excluding hydrogens is 323 g/mol. The zero-order chi connectivity index (χ0) is 15.4. The van der Waals surface area contributed by atoms with Gasteiger partial charge in [0.2, 0.25) is 0 Å². The number of ether oxygens (including phenoxy) is 2. The number of benzene rings is 1. The third-order valence-electron chi connectivity index (χ3n) is 2.84. The molecule has 1 unspecified atom stereocenters. The molecule has 0 spiro atoms. The minimum atomic E-state index is -0.642. The molecule has 9 heteroatoms. The highest BCUT2D eigenvalue weighted by Gasteiger charge is 2.21. The molecule has 0 bridgehead atoms. The van der Waals surface area contributed by atoms with Crippen molar-refractivity contribution in [3.63, 3.8) is 0 Å². The molecule has 2 rings (SSSR count). The first-order chi connectivity index (χ1) is 9.99. The number of carbonyl (C=O) groups excluding carboxylic acids is 1. The van der Waals surface area contributed by atoms with E-state index < -0.39 is 10.8 Å². The molecule has 1 atom stereocenters. The zero-order valence-electron chi connectivity index (χ0n) is 10.8. The van der Waals surface area contributed by atoms with Gasteiger partial charge in [0.05, 0.1) is 46.5 Å². The summed E-state index contributed by atoms with van der Waals surface area (Å²) < 4.78 is 10.6. The van der Waals surface area contributed by atoms with Crippen LogP contribution in [0.3, 0.4) is 0 Å². The average molecular weight is 335 g/mol. The Bertz CT molecular complexity index is 561. The van der Waals surface area contributed by atoms with Crippen molar-refractivity contribution < 1.29 is 19.2 Å². The molecule has 1 aromatic carbocycles. The number of hydrogen-bond donors (Lipinski definition) is 1. The maximum absolute atomic E-state index is 12.1. The summed E-state index contributed by atoms with van der Waals surface area (Å²) in [5.41, 5.74) is -0.348. The molecule has 1 heterocycles. The lowest BCUT2D eigenvalue weighted by molar-refractivity contribution is -0.384. The number of non-ortho nitro benzene ring substituents is 1. The van der Waals surface area contributed by atoms with E-state index in [2.05, 4.69) is 5.32 Å². The van der Waals surface area contributed by atoms with Gasteiger partial charge >= 0.3 is 0 Å². The smallest absolute Gasteiger partial charge is 0.271 e. The fourth-order valence-electron chi connectivity index (χ4n) is 1.80. The second-order valence-corrected chi connectivity index (χ2v) is 5.11. The Kier molecular flexibility index (Phi) is 5.35. The highest BCUT2D eigenvalue weighted by Crippen LogP contribution is 2.30. The van der Waals surface area contributed by atoms with Crippen molar-refractivity contribution in [2.45, 2.75) is 6.10 Å². The number of nitrogens with zero attached hydrogens (tertiary/aromatic N) is 1. The van der Waals surface area contributed by atoms with Crippen LogP contribution in [0, 0.1) is 10.1 Å². The highest BCUT2D eigenvalue weighted by molar-refractivity contribution is 6.44. The second-order valence-electron chi connectivity index (χ2n) is 4.32. The number of carbonyl (C=O) groups is 1. The standard InChI is InChI=1S/C12H12Cl2N2O5/c13-10-4-7(16(18)19)3-9(11(10)14)12(17)15-5-8-6-20-1-2-21-8/h3-4,8H,1-2,5-6H2,(H,15,17). The maximum atomic E-state index is 12.1. The third kappa shape index (κ3) is 4.04. The first-order valence-corrected chi connectivity index (χ1v) is 6.85. The molecule has 1 fully saturated rings. The number of nitro groups is 1. The van der Waals surface area contributed by atoms with Crippen LogP contribution >= 0.6 is 23.2 Å². The van der Waals surface area contributed by atoms with Gasteiger partial charge in [0.1, 0.15) is 0 Å². The fraction of sp³-hybridized carbons (Fsp3) is 0.417. The van der Waals surface area contributed by atoms with Crippen LogP contribution in [-0.2, 0) is 9.47 Å². The lowest BCUT2D eigenvalue weighted by Crippen LogP contribution is -2.39. The molecule has 1 amide bonds. The van der Waals surface area contributed by atoms with E-state index in [1.165, 1.54) is 0 Å². The molecule has 0 aliphatic carbocycles. The number of rotatable bonds is 4. The molecular formula is C12H12Cl2N2O5. The summed E-state index contributed by atoms with van der Waals surface area (Å²) in [7, 11) is 0. The summed E-state index contributed by atoms with van der Waals surface area (Å²) >= 11 is 11.7. The number of amides is 1. The first-order valence-electron chi connectivity index (χ1n) is 6.10. The summed E-state index contributed by atoms with van der Waals surface area (Å²) in [6, 6.07) is 2.18. The predicted octanol–water partition coefficient (Wildman–Crippen LogP) is 2.05. The summed E-state index contributed by atoms with van der Waals surface area (Å²) in [5, 5.41) is 13.3. The number of nitro benzene ring substituents is 1. The SMILES string of the molecule is O=C(NCC1COCCO1)c1cc([N+](=O)[O-])cc(Cl)c1Cl. The van der Waals surface area contributed by atoms with E-state index in [0.717, 1.165) is 12.1 Å². The van der Waals surface area contributed by atoms with Gasteiger partial charge in [-0.3, -0.25) is 14.9 Å². The normalized spacial score (nSPS) is 18.3. The van der Waals surface area contributed by atoms with Crippen LogP contribution in [0.5, 0.6) is 0 Å². The monoisotopic (exact) mass is 334 g/mol. The Labute approximate surface area is 130 Å². The molecule has 1 aliphatic rings. The van der Waals surface area contributed by atoms with Gasteiger partial charge in [0, 0.05) is 18.7 Å². The van der Waals surface area contributed by atoms with Crippen LogP contribution in [0.25, 0.3) is 0 Å². The van der Waals surface area contributed by atoms with Gasteiger partial charge in [-0.1, -0.05) is 23.2 Å². The van der Waals surface area contributed by atoms with Gasteiger partial charge in [0.25, 0.3) is 11.6 Å². The van der Waals surface area contributed by atoms with E-state index in [0.29, 0.717) is 19.8 Å². The number of halogens is 2. The maximum Gasteiger partial charge on any atom is 0.271 e. The molecule has 0 saturated carbocycles. The van der Waals surface area contributed by atoms with Gasteiger partial charge in [-0.25, -0.2) is 0 Å². The van der Waals surface area contributed by atoms with E-state index in [-0.39, 0.29) is 33.9 Å². The predicted molar refractivity (Wildman–Crippen MR) is 76.0 cm³/mol. The fourth-order valence-corrected chi connectivity index (χ4v) is 2.21. The molecule has 7 nitrogen and oxygen atoms in total. The van der Waals surface area contributed by atoms with Crippen molar-refractivity contribution in [1.82, 2.24) is 5.32 Å². The van der Waals surface area contributed by atoms with E-state index in [1.54, 1.807) is 0 Å². The second kappa shape index (κ2) is 7.04. The summed E-state index contributed by atoms with van der Waals surface area (Å²) in [6.45, 7) is 1.58. The summed E-state index contributed by atoms with van der Waals surface area (Å²) in [5.74, 6) is -0.556. The molecule has 21 heavy (non-hydrogen) atoms. The van der Waals surface area contributed by atoms with Gasteiger partial charge in [-0.05, 0) is 0 Å². The topological polar surface area (TPSA) is 90.7 Å². The first kappa shape index (κ1) is 16.0. The lowest BCUT2D eigenvalue weighted by Gasteiger charge is -2.23. The Morgan fingerprint density at radius 2 is 2.19 bits per heavy atom. The van der Waals surface area contributed by atoms with E-state index in [9.17, 15) is 14.9 Å². The average Bonchev–Trinajstić information content (AvgIpc) is 2.48. The van der Waals surface area contributed by atoms with Crippen LogP contribution in [0.15, 0.2) is 12.1 Å². The Morgan fingerprint density at radius 3 is 2.81 bits per heavy atom. The minimum Gasteiger partial charge on any atom is -0.376 e. The van der Waals surface area contributed by atoms with E-state index in [1.807, 2.05) is 0 Å². The minimum absolute atomic E-state index is 0.0272. The molecule has 114 valence electrons. The van der Waals surface area contributed by atoms with Crippen LogP contribution in [0.4, 0.5) is 5.69 Å². The van der Waals surface area contributed by atoms with Crippen LogP contribution < -0.4 is 5.32 Å². The van der Waals surface area contributed by atoms with Crippen molar-refractivity contribution in [1.29, 1.82) is 0 Å². The van der Waals surface area contributed by atoms with Gasteiger partial charge in [-0.2, -0.15) is 0 Å². The van der Waals surface area contributed by atoms with Crippen LogP contribution in [0.1, 0.15) is 10.4 Å². The van der Waals surface area contributed by atoms with Crippen molar-refractivity contribution in [3.05, 3.63) is 37.9 Å². The quantitative estimate of drug-likeness (QED) is 0.672. The number of nitrogens with one attached hydrogen (secondary N) is 1. The van der Waals surface area contributed by atoms with Crippen LogP contribution in [0.2, 0.25) is 10.0 Å². The molecule has 0 aromatic heterocycles. The van der Waals surface area contributed by atoms with Crippen molar-refractivity contribution >= 4 is 34.8 Å². The van der Waals surface area contributed by atoms with E-state index >= 15 is 0 Å². The third-order valence-corrected chi connectivity index (χ3v) is 3.65.